The van der Waals surface area contributed by atoms with Crippen molar-refractivity contribution < 1.29 is 87.1 Å². The predicted molar refractivity (Wildman–Crippen MR) is 171 cm³/mol. The Morgan fingerprint density at radius 3 is 1.25 bits per heavy atom. The van der Waals surface area contributed by atoms with Gasteiger partial charge in [0, 0.05) is 18.4 Å². The van der Waals surface area contributed by atoms with Crippen molar-refractivity contribution in [1.29, 1.82) is 0 Å². The lowest BCUT2D eigenvalue weighted by Crippen LogP contribution is -2.28. The number of ether oxygens (including phenoxy) is 6. The fraction of sp³-hybridized carbons (Fsp3) is 0.278. The molecular formula is C36H29F9O10. The molecule has 0 N–H and O–H groups in total. The topological polar surface area (TPSA) is 124 Å². The van der Waals surface area contributed by atoms with Gasteiger partial charge < -0.3 is 28.4 Å². The largest absolute Gasteiger partial charge is 0.455 e. The van der Waals surface area contributed by atoms with Crippen LogP contribution in [0.1, 0.15) is 58.5 Å². The Balaban J connectivity index is 1.71. The third kappa shape index (κ3) is 11.7. The normalized spacial score (nSPS) is 12.8. The van der Waals surface area contributed by atoms with E-state index in [1.807, 2.05) is 0 Å². The summed E-state index contributed by atoms with van der Waals surface area (Å²) in [6.07, 6.45) is -18.3. The maximum absolute atomic E-state index is 14.2. The van der Waals surface area contributed by atoms with Crippen molar-refractivity contribution in [2.45, 2.75) is 64.7 Å². The van der Waals surface area contributed by atoms with Crippen LogP contribution in [-0.2, 0) is 25.2 Å². The number of hydrogen-bond donors (Lipinski definition) is 0. The summed E-state index contributed by atoms with van der Waals surface area (Å²) in [4.78, 5) is 49.0. The number of benzene rings is 3. The predicted octanol–water partition coefficient (Wildman–Crippen LogP) is 9.01. The molecule has 0 amide bonds. The van der Waals surface area contributed by atoms with Crippen molar-refractivity contribution in [3.05, 3.63) is 107 Å². The molecule has 0 saturated heterocycles. The second-order valence-electron chi connectivity index (χ2n) is 11.1. The highest BCUT2D eigenvalue weighted by molar-refractivity contribution is 5.93. The van der Waals surface area contributed by atoms with E-state index in [1.165, 1.54) is 13.8 Å². The van der Waals surface area contributed by atoms with Crippen molar-refractivity contribution in [3.63, 3.8) is 0 Å². The molecule has 0 heterocycles. The van der Waals surface area contributed by atoms with E-state index in [1.54, 1.807) is 0 Å². The smallest absolute Gasteiger partial charge is 0.422 e. The van der Waals surface area contributed by atoms with Crippen LogP contribution in [0.2, 0.25) is 0 Å². The number of esters is 4. The highest BCUT2D eigenvalue weighted by Crippen LogP contribution is 2.42. The molecule has 19 heteroatoms. The molecule has 3 aromatic rings. The van der Waals surface area contributed by atoms with Gasteiger partial charge in [-0.3, -0.25) is 0 Å². The van der Waals surface area contributed by atoms with Gasteiger partial charge >= 0.3 is 42.4 Å². The van der Waals surface area contributed by atoms with Gasteiger partial charge in [-0.05, 0) is 67.6 Å². The van der Waals surface area contributed by atoms with Crippen molar-refractivity contribution in [2.75, 3.05) is 0 Å². The molecule has 0 saturated carbocycles. The zero-order valence-corrected chi connectivity index (χ0v) is 28.7. The molecule has 3 rings (SSSR count). The Bertz CT molecular complexity index is 1910. The first kappa shape index (κ1) is 43.4. The van der Waals surface area contributed by atoms with Crippen LogP contribution in [0.4, 0.5) is 39.5 Å². The van der Waals surface area contributed by atoms with Gasteiger partial charge in [0.1, 0.15) is 39.7 Å². The number of rotatable bonds is 14. The number of hydrogen-bond acceptors (Lipinski definition) is 10. The molecule has 2 atom stereocenters. The molecule has 296 valence electrons. The summed E-state index contributed by atoms with van der Waals surface area (Å²) in [7, 11) is 0. The van der Waals surface area contributed by atoms with Crippen LogP contribution in [0.3, 0.4) is 0 Å². The molecule has 0 aliphatic rings. The molecule has 0 bridgehead atoms. The third-order valence-electron chi connectivity index (χ3n) is 7.10. The summed E-state index contributed by atoms with van der Waals surface area (Å²) in [5, 5.41) is 0. The monoisotopic (exact) mass is 792 g/mol. The minimum absolute atomic E-state index is 0.0557. The molecule has 0 radical (unpaired) electrons. The van der Waals surface area contributed by atoms with Gasteiger partial charge in [-0.2, -0.15) is 39.5 Å². The first-order valence-corrected chi connectivity index (χ1v) is 15.6. The Morgan fingerprint density at radius 1 is 0.582 bits per heavy atom. The minimum Gasteiger partial charge on any atom is -0.455 e. The van der Waals surface area contributed by atoms with Gasteiger partial charge in [0.2, 0.25) is 12.6 Å². The van der Waals surface area contributed by atoms with Gasteiger partial charge in [0.05, 0.1) is 11.1 Å². The van der Waals surface area contributed by atoms with E-state index in [0.29, 0.717) is 0 Å². The van der Waals surface area contributed by atoms with Crippen LogP contribution in [-0.4, -0.2) is 48.8 Å². The van der Waals surface area contributed by atoms with Crippen molar-refractivity contribution in [2.24, 2.45) is 0 Å². The zero-order chi connectivity index (χ0) is 41.5. The van der Waals surface area contributed by atoms with Gasteiger partial charge in [-0.15, -0.1) is 0 Å². The maximum Gasteiger partial charge on any atom is 0.422 e. The first-order valence-electron chi connectivity index (χ1n) is 15.6. The van der Waals surface area contributed by atoms with Crippen molar-refractivity contribution >= 4 is 23.9 Å². The van der Waals surface area contributed by atoms with Gasteiger partial charge in [0.25, 0.3) is 0 Å². The molecule has 0 aliphatic carbocycles. The lowest BCUT2D eigenvalue weighted by molar-refractivity contribution is -0.170. The van der Waals surface area contributed by atoms with E-state index in [2.05, 4.69) is 22.6 Å². The third-order valence-corrected chi connectivity index (χ3v) is 7.10. The summed E-state index contributed by atoms with van der Waals surface area (Å²) in [5.41, 5.74) is -6.11. The molecule has 3 aromatic carbocycles. The van der Waals surface area contributed by atoms with Crippen molar-refractivity contribution in [3.8, 4) is 23.0 Å². The first-order chi connectivity index (χ1) is 25.5. The molecule has 0 fully saturated rings. The van der Waals surface area contributed by atoms with Crippen LogP contribution in [0.15, 0.2) is 85.0 Å². The number of carbonyl (C=O) groups excluding carboxylic acids is 4. The molecule has 0 aromatic heterocycles. The van der Waals surface area contributed by atoms with Crippen LogP contribution >= 0.6 is 0 Å². The second-order valence-corrected chi connectivity index (χ2v) is 11.1. The lowest BCUT2D eigenvalue weighted by Gasteiger charge is -2.20. The van der Waals surface area contributed by atoms with E-state index < -0.39 is 88.8 Å². The Kier molecular flexibility index (Phi) is 13.7. The molecule has 0 spiro atoms. The van der Waals surface area contributed by atoms with Crippen molar-refractivity contribution in [1.82, 2.24) is 0 Å². The quantitative estimate of drug-likeness (QED) is 0.0514. The second kappa shape index (κ2) is 17.4. The highest BCUT2D eigenvalue weighted by atomic mass is 19.4. The molecular weight excluding hydrogens is 763 g/mol. The van der Waals surface area contributed by atoms with E-state index in [4.69, 9.17) is 18.9 Å². The van der Waals surface area contributed by atoms with Gasteiger partial charge in [-0.1, -0.05) is 27.0 Å². The van der Waals surface area contributed by atoms with Crippen LogP contribution in [0.25, 0.3) is 0 Å². The number of alkyl halides is 9. The number of carbonyl (C=O) groups is 4. The van der Waals surface area contributed by atoms with Crippen LogP contribution < -0.4 is 18.9 Å². The average molecular weight is 793 g/mol. The van der Waals surface area contributed by atoms with Gasteiger partial charge in [-0.25, -0.2) is 19.2 Å². The zero-order valence-electron chi connectivity index (χ0n) is 28.7. The molecule has 10 nitrogen and oxygen atoms in total. The fourth-order valence-corrected chi connectivity index (χ4v) is 4.17. The Hall–Kier alpha value is -6.01. The standard InChI is InChI=1S/C36H29F9O10/c1-6-27(54-30(46)19(4)34(37,38)39)50-23-12-8-21(9-13-23)32(48)52-25-16-17-26(29(18(25)3)36(43,44)45)53-33(49)22-10-14-24(15-11-22)51-28(7-2)55-31(47)20(5)35(40,41)42/h8-17,27-28H,4-7H2,1-3H3. The minimum atomic E-state index is -5.13. The van der Waals surface area contributed by atoms with E-state index in [0.717, 1.165) is 67.6 Å². The summed E-state index contributed by atoms with van der Waals surface area (Å²) in [6.45, 7) is 9.09. The summed E-state index contributed by atoms with van der Waals surface area (Å²) in [5.74, 6) is -7.60. The van der Waals surface area contributed by atoms with E-state index in [-0.39, 0.29) is 35.5 Å². The molecule has 55 heavy (non-hydrogen) atoms. The summed E-state index contributed by atoms with van der Waals surface area (Å²) < 4.78 is 149. The molecule has 2 unspecified atom stereocenters. The SMILES string of the molecule is C=C(C(=O)OC(CC)Oc1ccc(C(=O)Oc2ccc(OC(=O)c3ccc(OC(CC)OC(=O)C(=C)C(F)(F)F)cc3)c(C(F)(F)F)c2C)cc1)C(F)(F)F. The lowest BCUT2D eigenvalue weighted by atomic mass is 10.1. The Morgan fingerprint density at radius 2 is 0.927 bits per heavy atom. The van der Waals surface area contributed by atoms with Crippen LogP contribution in [0, 0.1) is 6.92 Å². The average Bonchev–Trinajstić information content (AvgIpc) is 3.10. The summed E-state index contributed by atoms with van der Waals surface area (Å²) >= 11 is 0. The fourth-order valence-electron chi connectivity index (χ4n) is 4.17. The Labute approximate surface area is 306 Å². The number of halogens is 9. The maximum atomic E-state index is 14.2. The van der Waals surface area contributed by atoms with Gasteiger partial charge in [0.15, 0.2) is 0 Å². The summed E-state index contributed by atoms with van der Waals surface area (Å²) in [6, 6.07) is 10.6. The highest BCUT2D eigenvalue weighted by Gasteiger charge is 2.41. The molecule has 0 aliphatic heterocycles. The van der Waals surface area contributed by atoms with Crippen LogP contribution in [0.5, 0.6) is 23.0 Å². The van der Waals surface area contributed by atoms with E-state index in [9.17, 15) is 58.7 Å². The van der Waals surface area contributed by atoms with E-state index >= 15 is 0 Å².